The normalized spacial score (nSPS) is 12.2. The van der Waals surface area contributed by atoms with Crippen LogP contribution in [0.5, 0.6) is 0 Å². The molecule has 1 N–H and O–H groups in total. The van der Waals surface area contributed by atoms with E-state index < -0.39 is 0 Å². The van der Waals surface area contributed by atoms with Gasteiger partial charge in [-0.3, -0.25) is 4.79 Å². The van der Waals surface area contributed by atoms with Gasteiger partial charge in [-0.25, -0.2) is 0 Å². The van der Waals surface area contributed by atoms with Crippen molar-refractivity contribution in [2.75, 3.05) is 0 Å². The van der Waals surface area contributed by atoms with E-state index in [9.17, 15) is 4.79 Å². The molecule has 1 aromatic rings. The minimum atomic E-state index is -0.250. The van der Waals surface area contributed by atoms with Crippen molar-refractivity contribution in [1.29, 1.82) is 0 Å². The van der Waals surface area contributed by atoms with E-state index in [0.29, 0.717) is 6.54 Å². The van der Waals surface area contributed by atoms with Crippen LogP contribution in [0.3, 0.4) is 0 Å². The van der Waals surface area contributed by atoms with E-state index in [2.05, 4.69) is 24.0 Å². The Kier molecular flexibility index (Phi) is 4.01. The van der Waals surface area contributed by atoms with Gasteiger partial charge < -0.3 is 5.32 Å². The number of hydrogen-bond donors (Lipinski definition) is 2. The Hall–Kier alpha value is -0.960. The molecule has 0 bridgehead atoms. The second-order valence-electron chi connectivity index (χ2n) is 3.38. The first-order valence-corrected chi connectivity index (χ1v) is 5.12. The molecule has 0 radical (unpaired) electrons. The van der Waals surface area contributed by atoms with Crippen LogP contribution in [0.2, 0.25) is 0 Å². The molecule has 0 aliphatic carbocycles. The second kappa shape index (κ2) is 5.05. The molecule has 0 saturated carbocycles. The SMILES string of the molecule is Cc1cccc(CNC(=O)C(C)S)c1. The van der Waals surface area contributed by atoms with Crippen molar-refractivity contribution in [1.82, 2.24) is 5.32 Å². The van der Waals surface area contributed by atoms with Crippen molar-refractivity contribution in [3.05, 3.63) is 35.4 Å². The molecule has 3 heteroatoms. The maximum Gasteiger partial charge on any atom is 0.232 e. The molecule has 0 aromatic heterocycles. The third kappa shape index (κ3) is 3.42. The molecule has 0 spiro atoms. The number of rotatable bonds is 3. The summed E-state index contributed by atoms with van der Waals surface area (Å²) in [6, 6.07) is 8.08. The van der Waals surface area contributed by atoms with Crippen LogP contribution in [0, 0.1) is 6.92 Å². The predicted molar refractivity (Wildman–Crippen MR) is 61.5 cm³/mol. The molecule has 1 unspecified atom stereocenters. The summed E-state index contributed by atoms with van der Waals surface area (Å²) in [5.41, 5.74) is 2.32. The minimum absolute atomic E-state index is 0.0326. The van der Waals surface area contributed by atoms with E-state index in [1.165, 1.54) is 5.56 Å². The molecule has 0 saturated heterocycles. The van der Waals surface area contributed by atoms with Crippen molar-refractivity contribution in [3.8, 4) is 0 Å². The van der Waals surface area contributed by atoms with Crippen molar-refractivity contribution < 1.29 is 4.79 Å². The third-order valence-corrected chi connectivity index (χ3v) is 2.16. The molecule has 1 amide bonds. The number of amides is 1. The van der Waals surface area contributed by atoms with Gasteiger partial charge >= 0.3 is 0 Å². The Bertz CT molecular complexity index is 323. The molecule has 1 rings (SSSR count). The number of aryl methyl sites for hydroxylation is 1. The van der Waals surface area contributed by atoms with Crippen molar-refractivity contribution in [2.24, 2.45) is 0 Å². The average Bonchev–Trinajstić information content (AvgIpc) is 2.14. The highest BCUT2D eigenvalue weighted by Crippen LogP contribution is 2.03. The smallest absolute Gasteiger partial charge is 0.232 e. The zero-order valence-electron chi connectivity index (χ0n) is 8.45. The van der Waals surface area contributed by atoms with Gasteiger partial charge in [0.15, 0.2) is 0 Å². The van der Waals surface area contributed by atoms with Crippen LogP contribution in [0.25, 0.3) is 0 Å². The van der Waals surface area contributed by atoms with Crippen LogP contribution >= 0.6 is 12.6 Å². The number of carbonyl (C=O) groups excluding carboxylic acids is 1. The Morgan fingerprint density at radius 2 is 2.29 bits per heavy atom. The molecule has 76 valence electrons. The summed E-state index contributed by atoms with van der Waals surface area (Å²) in [6.07, 6.45) is 0. The van der Waals surface area contributed by atoms with Gasteiger partial charge in [0.2, 0.25) is 5.91 Å². The topological polar surface area (TPSA) is 29.1 Å². The lowest BCUT2D eigenvalue weighted by molar-refractivity contribution is -0.120. The summed E-state index contributed by atoms with van der Waals surface area (Å²) in [6.45, 7) is 4.37. The fourth-order valence-corrected chi connectivity index (χ4v) is 1.25. The lowest BCUT2D eigenvalue weighted by atomic mass is 10.1. The van der Waals surface area contributed by atoms with Crippen molar-refractivity contribution >= 4 is 18.5 Å². The first-order valence-electron chi connectivity index (χ1n) is 4.61. The zero-order valence-corrected chi connectivity index (χ0v) is 9.34. The van der Waals surface area contributed by atoms with Gasteiger partial charge in [-0.1, -0.05) is 29.8 Å². The van der Waals surface area contributed by atoms with Gasteiger partial charge in [0.05, 0.1) is 5.25 Å². The van der Waals surface area contributed by atoms with Crippen molar-refractivity contribution in [2.45, 2.75) is 25.6 Å². The van der Waals surface area contributed by atoms with Crippen LogP contribution in [-0.4, -0.2) is 11.2 Å². The van der Waals surface area contributed by atoms with E-state index in [1.807, 2.05) is 25.1 Å². The lowest BCUT2D eigenvalue weighted by Crippen LogP contribution is -2.29. The fourth-order valence-electron chi connectivity index (χ4n) is 1.16. The van der Waals surface area contributed by atoms with Crippen LogP contribution in [0.15, 0.2) is 24.3 Å². The van der Waals surface area contributed by atoms with E-state index >= 15 is 0 Å². The van der Waals surface area contributed by atoms with Gasteiger partial charge in [-0.15, -0.1) is 0 Å². The standard InChI is InChI=1S/C11H15NOS/c1-8-4-3-5-10(6-8)7-12-11(13)9(2)14/h3-6,9,14H,7H2,1-2H3,(H,12,13). The molecule has 1 aromatic carbocycles. The molecule has 2 nitrogen and oxygen atoms in total. The van der Waals surface area contributed by atoms with Crippen molar-refractivity contribution in [3.63, 3.8) is 0 Å². The van der Waals surface area contributed by atoms with Crippen LogP contribution in [0.1, 0.15) is 18.1 Å². The highest BCUT2D eigenvalue weighted by molar-refractivity contribution is 7.81. The minimum Gasteiger partial charge on any atom is -0.351 e. The fraction of sp³-hybridized carbons (Fsp3) is 0.364. The average molecular weight is 209 g/mol. The first kappa shape index (κ1) is 11.1. The van der Waals surface area contributed by atoms with E-state index in [1.54, 1.807) is 6.92 Å². The third-order valence-electron chi connectivity index (χ3n) is 1.93. The number of hydrogen-bond acceptors (Lipinski definition) is 2. The molecular formula is C11H15NOS. The molecule has 0 aliphatic heterocycles. The molecule has 1 atom stereocenters. The van der Waals surface area contributed by atoms with Gasteiger partial charge in [0, 0.05) is 6.54 Å². The molecule has 0 fully saturated rings. The first-order chi connectivity index (χ1) is 6.59. The Labute approximate surface area is 90.1 Å². The predicted octanol–water partition coefficient (Wildman–Crippen LogP) is 1.93. The maximum atomic E-state index is 11.2. The zero-order chi connectivity index (χ0) is 10.6. The Morgan fingerprint density at radius 1 is 1.57 bits per heavy atom. The number of thiol groups is 1. The number of benzene rings is 1. The largest absolute Gasteiger partial charge is 0.351 e. The summed E-state index contributed by atoms with van der Waals surface area (Å²) >= 11 is 4.05. The van der Waals surface area contributed by atoms with Gasteiger partial charge in [0.1, 0.15) is 0 Å². The van der Waals surface area contributed by atoms with Gasteiger partial charge in [-0.05, 0) is 19.4 Å². The highest BCUT2D eigenvalue weighted by atomic mass is 32.1. The Balaban J connectivity index is 2.50. The summed E-state index contributed by atoms with van der Waals surface area (Å²) in [4.78, 5) is 11.2. The van der Waals surface area contributed by atoms with E-state index in [4.69, 9.17) is 0 Å². The monoisotopic (exact) mass is 209 g/mol. The maximum absolute atomic E-state index is 11.2. The van der Waals surface area contributed by atoms with Crippen LogP contribution in [-0.2, 0) is 11.3 Å². The number of nitrogens with one attached hydrogen (secondary N) is 1. The summed E-state index contributed by atoms with van der Waals surface area (Å²) in [5.74, 6) is -0.0326. The quantitative estimate of drug-likeness (QED) is 0.732. The number of carbonyl (C=O) groups is 1. The van der Waals surface area contributed by atoms with E-state index in [0.717, 1.165) is 5.56 Å². The van der Waals surface area contributed by atoms with E-state index in [-0.39, 0.29) is 11.2 Å². The summed E-state index contributed by atoms with van der Waals surface area (Å²) in [7, 11) is 0. The lowest BCUT2D eigenvalue weighted by Gasteiger charge is -2.07. The molecule has 14 heavy (non-hydrogen) atoms. The van der Waals surface area contributed by atoms with Gasteiger partial charge in [0.25, 0.3) is 0 Å². The summed E-state index contributed by atoms with van der Waals surface area (Å²) in [5, 5.41) is 2.56. The Morgan fingerprint density at radius 3 is 2.86 bits per heavy atom. The summed E-state index contributed by atoms with van der Waals surface area (Å²) < 4.78 is 0. The van der Waals surface area contributed by atoms with Crippen LogP contribution < -0.4 is 5.32 Å². The van der Waals surface area contributed by atoms with Crippen LogP contribution in [0.4, 0.5) is 0 Å². The highest BCUT2D eigenvalue weighted by Gasteiger charge is 2.06. The molecule has 0 heterocycles. The molecular weight excluding hydrogens is 194 g/mol. The second-order valence-corrected chi connectivity index (χ2v) is 4.16. The molecule has 0 aliphatic rings. The van der Waals surface area contributed by atoms with Gasteiger partial charge in [-0.2, -0.15) is 12.6 Å².